The second-order valence-corrected chi connectivity index (χ2v) is 9.78. The van der Waals surface area contributed by atoms with Crippen molar-refractivity contribution in [3.05, 3.63) is 70.8 Å². The van der Waals surface area contributed by atoms with E-state index in [1.165, 1.54) is 5.56 Å². The molecule has 0 bridgehead atoms. The van der Waals surface area contributed by atoms with Crippen molar-refractivity contribution in [1.82, 2.24) is 10.2 Å². The second-order valence-electron chi connectivity index (χ2n) is 9.78. The van der Waals surface area contributed by atoms with Crippen molar-refractivity contribution in [2.45, 2.75) is 70.4 Å². The summed E-state index contributed by atoms with van der Waals surface area (Å²) >= 11 is 0. The molecule has 1 aliphatic carbocycles. The smallest absolute Gasteiger partial charge is 0.230 e. The van der Waals surface area contributed by atoms with Gasteiger partial charge in [-0.05, 0) is 46.9 Å². The van der Waals surface area contributed by atoms with E-state index >= 15 is 0 Å². The number of carbonyl (C=O) groups is 2. The van der Waals surface area contributed by atoms with Crippen molar-refractivity contribution in [3.8, 4) is 0 Å². The van der Waals surface area contributed by atoms with Crippen LogP contribution in [-0.2, 0) is 33.5 Å². The molecule has 2 aromatic carbocycles. The highest BCUT2D eigenvalue weighted by atomic mass is 16.2. The molecule has 0 radical (unpaired) electrons. The summed E-state index contributed by atoms with van der Waals surface area (Å²) < 4.78 is 0. The predicted molar refractivity (Wildman–Crippen MR) is 119 cm³/mol. The lowest BCUT2D eigenvalue weighted by atomic mass is 9.85. The second kappa shape index (κ2) is 7.90. The molecule has 158 valence electrons. The van der Waals surface area contributed by atoms with E-state index in [4.69, 9.17) is 0 Å². The van der Waals surface area contributed by atoms with Gasteiger partial charge in [0.2, 0.25) is 11.8 Å². The molecule has 1 saturated heterocycles. The van der Waals surface area contributed by atoms with Crippen LogP contribution in [-0.4, -0.2) is 23.3 Å². The zero-order valence-electron chi connectivity index (χ0n) is 18.3. The predicted octanol–water partition coefficient (Wildman–Crippen LogP) is 4.45. The van der Waals surface area contributed by atoms with Crippen molar-refractivity contribution < 1.29 is 9.59 Å². The Balaban J connectivity index is 1.43. The number of nitrogens with zero attached hydrogens (tertiary/aromatic N) is 1. The third-order valence-electron chi connectivity index (χ3n) is 6.58. The topological polar surface area (TPSA) is 49.4 Å². The van der Waals surface area contributed by atoms with Gasteiger partial charge in [-0.2, -0.15) is 0 Å². The van der Waals surface area contributed by atoms with Crippen LogP contribution in [0.2, 0.25) is 0 Å². The van der Waals surface area contributed by atoms with E-state index in [0.717, 1.165) is 42.5 Å². The molecule has 4 heteroatoms. The lowest BCUT2D eigenvalue weighted by Crippen LogP contribution is -2.35. The summed E-state index contributed by atoms with van der Waals surface area (Å²) in [6.45, 7) is 8.56. The third-order valence-corrected chi connectivity index (χ3v) is 6.58. The molecule has 30 heavy (non-hydrogen) atoms. The van der Waals surface area contributed by atoms with Gasteiger partial charge in [0.25, 0.3) is 0 Å². The van der Waals surface area contributed by atoms with Crippen LogP contribution in [0.5, 0.6) is 0 Å². The van der Waals surface area contributed by atoms with Crippen LogP contribution < -0.4 is 5.32 Å². The maximum Gasteiger partial charge on any atom is 0.230 e. The van der Waals surface area contributed by atoms with Crippen LogP contribution in [0.1, 0.15) is 68.7 Å². The van der Waals surface area contributed by atoms with Crippen LogP contribution in [0.4, 0.5) is 0 Å². The maximum absolute atomic E-state index is 13.1. The first-order chi connectivity index (χ1) is 14.3. The standard InChI is InChI=1S/C26H32N2O2/c1-25(2,3)21-10-12-22(13-11-21)26(14-15-26)24(30)27-17-19-7-4-5-8-20(19)18-28-16-6-9-23(28)29/h4-5,7-8,10-13H,6,9,14-18H2,1-3H3,(H,27,30). The first-order valence-electron chi connectivity index (χ1n) is 11.0. The molecule has 2 amide bonds. The molecule has 1 N–H and O–H groups in total. The lowest BCUT2D eigenvalue weighted by molar-refractivity contribution is -0.128. The van der Waals surface area contributed by atoms with E-state index in [-0.39, 0.29) is 22.6 Å². The number of nitrogens with one attached hydrogen (secondary N) is 1. The molecule has 4 rings (SSSR count). The first kappa shape index (κ1) is 20.6. The van der Waals surface area contributed by atoms with Gasteiger partial charge in [0.15, 0.2) is 0 Å². The largest absolute Gasteiger partial charge is 0.351 e. The van der Waals surface area contributed by atoms with Gasteiger partial charge < -0.3 is 10.2 Å². The molecule has 0 spiro atoms. The summed E-state index contributed by atoms with van der Waals surface area (Å²) in [6, 6.07) is 16.7. The Morgan fingerprint density at radius 1 is 1.03 bits per heavy atom. The Morgan fingerprint density at radius 3 is 2.27 bits per heavy atom. The molecular formula is C26H32N2O2. The minimum absolute atomic E-state index is 0.109. The lowest BCUT2D eigenvalue weighted by Gasteiger charge is -2.22. The average molecular weight is 405 g/mol. The molecule has 4 nitrogen and oxygen atoms in total. The van der Waals surface area contributed by atoms with E-state index in [9.17, 15) is 9.59 Å². The highest BCUT2D eigenvalue weighted by molar-refractivity contribution is 5.91. The van der Waals surface area contributed by atoms with Gasteiger partial charge in [-0.3, -0.25) is 9.59 Å². The fourth-order valence-corrected chi connectivity index (χ4v) is 4.37. The van der Waals surface area contributed by atoms with Gasteiger partial charge in [-0.25, -0.2) is 0 Å². The molecule has 0 unspecified atom stereocenters. The summed E-state index contributed by atoms with van der Waals surface area (Å²) in [5.74, 6) is 0.336. The molecule has 1 aliphatic heterocycles. The zero-order valence-corrected chi connectivity index (χ0v) is 18.3. The third kappa shape index (κ3) is 4.14. The van der Waals surface area contributed by atoms with E-state index in [0.29, 0.717) is 19.5 Å². The molecule has 0 aromatic heterocycles. The summed E-state index contributed by atoms with van der Waals surface area (Å²) in [4.78, 5) is 27.0. The maximum atomic E-state index is 13.1. The normalized spacial score (nSPS) is 17.8. The van der Waals surface area contributed by atoms with Gasteiger partial charge in [0.05, 0.1) is 5.41 Å². The number of hydrogen-bond donors (Lipinski definition) is 1. The molecular weight excluding hydrogens is 372 g/mol. The highest BCUT2D eigenvalue weighted by Crippen LogP contribution is 2.48. The van der Waals surface area contributed by atoms with Gasteiger partial charge in [0.1, 0.15) is 0 Å². The number of carbonyl (C=O) groups excluding carboxylic acids is 2. The number of benzene rings is 2. The summed E-state index contributed by atoms with van der Waals surface area (Å²) in [5, 5.41) is 3.18. The Morgan fingerprint density at radius 2 is 1.70 bits per heavy atom. The van der Waals surface area contributed by atoms with E-state index < -0.39 is 0 Å². The monoisotopic (exact) mass is 404 g/mol. The first-order valence-corrected chi connectivity index (χ1v) is 11.0. The van der Waals surface area contributed by atoms with Crippen molar-refractivity contribution in [3.63, 3.8) is 0 Å². The van der Waals surface area contributed by atoms with Crippen LogP contribution in [0, 0.1) is 0 Å². The van der Waals surface area contributed by atoms with Crippen molar-refractivity contribution in [2.75, 3.05) is 6.54 Å². The molecule has 2 fully saturated rings. The van der Waals surface area contributed by atoms with E-state index in [2.05, 4.69) is 56.4 Å². The average Bonchev–Trinajstić information content (AvgIpc) is 3.45. The van der Waals surface area contributed by atoms with Crippen LogP contribution in [0.3, 0.4) is 0 Å². The van der Waals surface area contributed by atoms with Crippen molar-refractivity contribution >= 4 is 11.8 Å². The SMILES string of the molecule is CC(C)(C)c1ccc(C2(C(=O)NCc3ccccc3CN3CCCC3=O)CC2)cc1. The number of amides is 2. The number of rotatable bonds is 6. The molecule has 2 aromatic rings. The van der Waals surface area contributed by atoms with Crippen molar-refractivity contribution in [1.29, 1.82) is 0 Å². The Kier molecular flexibility index (Phi) is 5.44. The number of likely N-dealkylation sites (tertiary alicyclic amines) is 1. The Bertz CT molecular complexity index is 936. The molecule has 1 heterocycles. The van der Waals surface area contributed by atoms with Crippen LogP contribution in [0.25, 0.3) is 0 Å². The summed E-state index contributed by atoms with van der Waals surface area (Å²) in [5.41, 5.74) is 4.34. The fraction of sp³-hybridized carbons (Fsp3) is 0.462. The zero-order chi connectivity index (χ0) is 21.4. The van der Waals surface area contributed by atoms with E-state index in [1.807, 2.05) is 23.1 Å². The number of hydrogen-bond acceptors (Lipinski definition) is 2. The fourth-order valence-electron chi connectivity index (χ4n) is 4.37. The minimum atomic E-state index is -0.379. The van der Waals surface area contributed by atoms with Gasteiger partial charge in [0, 0.05) is 26.1 Å². The van der Waals surface area contributed by atoms with Crippen molar-refractivity contribution in [2.24, 2.45) is 0 Å². The molecule has 1 saturated carbocycles. The Labute approximate surface area is 179 Å². The van der Waals surface area contributed by atoms with Gasteiger partial charge in [-0.15, -0.1) is 0 Å². The highest BCUT2D eigenvalue weighted by Gasteiger charge is 2.51. The molecule has 0 atom stereocenters. The van der Waals surface area contributed by atoms with Gasteiger partial charge in [-0.1, -0.05) is 69.3 Å². The van der Waals surface area contributed by atoms with Gasteiger partial charge >= 0.3 is 0 Å². The molecule has 2 aliphatic rings. The quantitative estimate of drug-likeness (QED) is 0.773. The summed E-state index contributed by atoms with van der Waals surface area (Å²) in [6.07, 6.45) is 3.39. The van der Waals surface area contributed by atoms with E-state index in [1.54, 1.807) is 0 Å². The Hall–Kier alpha value is -2.62. The summed E-state index contributed by atoms with van der Waals surface area (Å²) in [7, 11) is 0. The van der Waals surface area contributed by atoms with Crippen LogP contribution in [0.15, 0.2) is 48.5 Å². The minimum Gasteiger partial charge on any atom is -0.351 e. The van der Waals surface area contributed by atoms with Crippen LogP contribution >= 0.6 is 0 Å².